The van der Waals surface area contributed by atoms with Crippen LogP contribution in [0.5, 0.6) is 11.5 Å². The highest BCUT2D eigenvalue weighted by atomic mass is 35.5. The lowest BCUT2D eigenvalue weighted by molar-refractivity contribution is -0.134. The van der Waals surface area contributed by atoms with Gasteiger partial charge in [0.2, 0.25) is 0 Å². The molecule has 8 nitrogen and oxygen atoms in total. The second kappa shape index (κ2) is 11.1. The van der Waals surface area contributed by atoms with E-state index in [1.807, 2.05) is 32.9 Å². The van der Waals surface area contributed by atoms with Gasteiger partial charge in [-0.1, -0.05) is 17.7 Å². The van der Waals surface area contributed by atoms with Gasteiger partial charge in [-0.15, -0.1) is 0 Å². The summed E-state index contributed by atoms with van der Waals surface area (Å²) < 4.78 is 17.5. The first-order valence-electron chi connectivity index (χ1n) is 10.8. The molecule has 3 rings (SSSR count). The van der Waals surface area contributed by atoms with E-state index in [0.29, 0.717) is 35.2 Å². The third kappa shape index (κ3) is 5.51. The number of carbonyl (C=O) groups excluding carboxylic acids is 2. The highest BCUT2D eigenvalue weighted by molar-refractivity contribution is 6.31. The Morgan fingerprint density at radius 1 is 1.03 bits per heavy atom. The number of benzene rings is 2. The molecule has 0 saturated carbocycles. The largest absolute Gasteiger partial charge is 0.493 e. The summed E-state index contributed by atoms with van der Waals surface area (Å²) in [5.74, 6) is 0.329. The van der Waals surface area contributed by atoms with Crippen molar-refractivity contribution in [2.75, 3.05) is 27.4 Å². The fourth-order valence-electron chi connectivity index (χ4n) is 3.49. The van der Waals surface area contributed by atoms with Gasteiger partial charge in [0.05, 0.1) is 41.9 Å². The Morgan fingerprint density at radius 3 is 2.26 bits per heavy atom. The number of amides is 1. The molecule has 0 N–H and O–H groups in total. The van der Waals surface area contributed by atoms with Gasteiger partial charge in [0.25, 0.3) is 5.91 Å². The van der Waals surface area contributed by atoms with E-state index >= 15 is 0 Å². The van der Waals surface area contributed by atoms with E-state index in [9.17, 15) is 9.59 Å². The minimum Gasteiger partial charge on any atom is -0.493 e. The van der Waals surface area contributed by atoms with Gasteiger partial charge >= 0.3 is 5.97 Å². The zero-order chi connectivity index (χ0) is 24.8. The van der Waals surface area contributed by atoms with Crippen LogP contribution in [0.2, 0.25) is 5.02 Å². The number of hydrogen-bond donors (Lipinski definition) is 0. The molecule has 0 spiro atoms. The van der Waals surface area contributed by atoms with E-state index in [0.717, 1.165) is 22.6 Å². The molecule has 0 saturated heterocycles. The number of rotatable bonds is 9. The summed E-state index contributed by atoms with van der Waals surface area (Å²) in [5.41, 5.74) is 3.53. The molecule has 1 amide bonds. The van der Waals surface area contributed by atoms with E-state index < -0.39 is 5.97 Å². The number of aryl methyl sites for hydroxylation is 1. The summed E-state index contributed by atoms with van der Waals surface area (Å²) in [6.45, 7) is 6.04. The van der Waals surface area contributed by atoms with Crippen molar-refractivity contribution >= 4 is 23.5 Å². The highest BCUT2D eigenvalue weighted by Crippen LogP contribution is 2.28. The number of likely N-dealkylation sites (N-methyl/N-ethyl adjacent to an activating group) is 1. The van der Waals surface area contributed by atoms with Crippen LogP contribution >= 0.6 is 11.6 Å². The third-order valence-corrected chi connectivity index (χ3v) is 5.98. The summed E-state index contributed by atoms with van der Waals surface area (Å²) in [6.07, 6.45) is 0. The zero-order valence-corrected chi connectivity index (χ0v) is 20.7. The lowest BCUT2D eigenvalue weighted by Gasteiger charge is -2.21. The number of esters is 1. The molecule has 0 radical (unpaired) electrons. The maximum Gasteiger partial charge on any atom is 0.338 e. The topological polar surface area (TPSA) is 82.9 Å². The van der Waals surface area contributed by atoms with Crippen molar-refractivity contribution in [1.29, 1.82) is 0 Å². The molecular weight excluding hydrogens is 458 g/mol. The SMILES string of the molecule is CCN(Cc1ccc(OC)c(OC)c1)C(=O)COC(=O)c1ccc(-n2nc(C)c(Cl)c2C)cc1. The van der Waals surface area contributed by atoms with Crippen LogP contribution in [0.4, 0.5) is 0 Å². The molecule has 34 heavy (non-hydrogen) atoms. The Hall–Kier alpha value is -3.52. The van der Waals surface area contributed by atoms with Crippen molar-refractivity contribution in [3.8, 4) is 17.2 Å². The molecule has 3 aromatic rings. The first-order chi connectivity index (χ1) is 16.3. The average Bonchev–Trinajstić information content (AvgIpc) is 3.12. The summed E-state index contributed by atoms with van der Waals surface area (Å²) in [7, 11) is 3.12. The highest BCUT2D eigenvalue weighted by Gasteiger charge is 2.17. The van der Waals surface area contributed by atoms with Crippen molar-refractivity contribution in [3.63, 3.8) is 0 Å². The van der Waals surface area contributed by atoms with Crippen molar-refractivity contribution in [3.05, 3.63) is 70.0 Å². The molecule has 0 bridgehead atoms. The van der Waals surface area contributed by atoms with Crippen LogP contribution in [-0.2, 0) is 16.1 Å². The predicted molar refractivity (Wildman–Crippen MR) is 129 cm³/mol. The van der Waals surface area contributed by atoms with Crippen LogP contribution in [0.25, 0.3) is 5.69 Å². The fourth-order valence-corrected chi connectivity index (χ4v) is 3.61. The van der Waals surface area contributed by atoms with Gasteiger partial charge in [0.15, 0.2) is 18.1 Å². The molecule has 0 aliphatic heterocycles. The van der Waals surface area contributed by atoms with E-state index in [1.54, 1.807) is 54.1 Å². The van der Waals surface area contributed by atoms with Crippen LogP contribution in [0.15, 0.2) is 42.5 Å². The Bertz CT molecular complexity index is 1170. The quantitative estimate of drug-likeness (QED) is 0.419. The van der Waals surface area contributed by atoms with E-state index in [2.05, 4.69) is 5.10 Å². The van der Waals surface area contributed by atoms with Gasteiger partial charge in [-0.05, 0) is 62.7 Å². The smallest absolute Gasteiger partial charge is 0.338 e. The Balaban J connectivity index is 1.61. The normalized spacial score (nSPS) is 10.6. The van der Waals surface area contributed by atoms with Gasteiger partial charge in [-0.25, -0.2) is 9.48 Å². The van der Waals surface area contributed by atoms with Gasteiger partial charge in [0, 0.05) is 13.1 Å². The first kappa shape index (κ1) is 25.1. The number of halogens is 1. The summed E-state index contributed by atoms with van der Waals surface area (Å²) >= 11 is 6.21. The van der Waals surface area contributed by atoms with Crippen LogP contribution in [0.1, 0.15) is 34.2 Å². The Kier molecular flexibility index (Phi) is 8.17. The number of methoxy groups -OCH3 is 2. The molecule has 0 unspecified atom stereocenters. The predicted octanol–water partition coefficient (Wildman–Crippen LogP) is 4.37. The van der Waals surface area contributed by atoms with Crippen LogP contribution in [0, 0.1) is 13.8 Å². The minimum atomic E-state index is -0.575. The maximum atomic E-state index is 12.7. The maximum absolute atomic E-state index is 12.7. The minimum absolute atomic E-state index is 0.292. The summed E-state index contributed by atoms with van der Waals surface area (Å²) in [4.78, 5) is 26.8. The summed E-state index contributed by atoms with van der Waals surface area (Å²) in [6, 6.07) is 12.2. The molecule has 0 aliphatic carbocycles. The van der Waals surface area contributed by atoms with Crippen LogP contribution in [-0.4, -0.2) is 53.9 Å². The van der Waals surface area contributed by atoms with Gasteiger partial charge in [0.1, 0.15) is 0 Å². The van der Waals surface area contributed by atoms with Crippen molar-refractivity contribution < 1.29 is 23.8 Å². The number of ether oxygens (including phenoxy) is 3. The monoisotopic (exact) mass is 485 g/mol. The van der Waals surface area contributed by atoms with Gasteiger partial charge in [-0.3, -0.25) is 4.79 Å². The molecule has 0 atom stereocenters. The molecule has 0 fully saturated rings. The van der Waals surface area contributed by atoms with Gasteiger partial charge < -0.3 is 19.1 Å². The van der Waals surface area contributed by atoms with Crippen LogP contribution in [0.3, 0.4) is 0 Å². The van der Waals surface area contributed by atoms with Crippen LogP contribution < -0.4 is 9.47 Å². The van der Waals surface area contributed by atoms with Crippen molar-refractivity contribution in [2.45, 2.75) is 27.3 Å². The Labute approximate surface area is 204 Å². The molecular formula is C25H28ClN3O5. The fraction of sp³-hybridized carbons (Fsp3) is 0.320. The first-order valence-corrected chi connectivity index (χ1v) is 11.1. The molecule has 1 aromatic heterocycles. The van der Waals surface area contributed by atoms with E-state index in [-0.39, 0.29) is 12.5 Å². The molecule has 9 heteroatoms. The average molecular weight is 486 g/mol. The van der Waals surface area contributed by atoms with E-state index in [4.69, 9.17) is 25.8 Å². The number of aromatic nitrogens is 2. The van der Waals surface area contributed by atoms with Crippen molar-refractivity contribution in [1.82, 2.24) is 14.7 Å². The molecule has 0 aliphatic rings. The molecule has 180 valence electrons. The van der Waals surface area contributed by atoms with E-state index in [1.165, 1.54) is 0 Å². The number of hydrogen-bond acceptors (Lipinski definition) is 6. The van der Waals surface area contributed by atoms with Crippen molar-refractivity contribution in [2.24, 2.45) is 0 Å². The number of nitrogens with zero attached hydrogens (tertiary/aromatic N) is 3. The standard InChI is InChI=1S/C25H28ClN3O5/c1-6-28(14-18-7-12-21(32-4)22(13-18)33-5)23(30)15-34-25(31)19-8-10-20(11-9-19)29-17(3)24(26)16(2)27-29/h7-13H,6,14-15H2,1-5H3. The second-order valence-corrected chi connectivity index (χ2v) is 7.99. The Morgan fingerprint density at radius 2 is 1.71 bits per heavy atom. The molecule has 1 heterocycles. The molecule has 2 aromatic carbocycles. The second-order valence-electron chi connectivity index (χ2n) is 7.62. The lowest BCUT2D eigenvalue weighted by atomic mass is 10.2. The summed E-state index contributed by atoms with van der Waals surface area (Å²) in [5, 5.41) is 5.01. The zero-order valence-electron chi connectivity index (χ0n) is 19.9. The lowest BCUT2D eigenvalue weighted by Crippen LogP contribution is -2.34. The number of carbonyl (C=O) groups is 2. The third-order valence-electron chi connectivity index (χ3n) is 5.43. The van der Waals surface area contributed by atoms with Gasteiger partial charge in [-0.2, -0.15) is 5.10 Å².